The standard InChI is InChI=1S/C13H19N5/c1-9-10(2)16-13(17-11(9)3)18(4)6-5-12-7-14-15-8-12/h7-8H,5-6H2,1-4H3,(H,14,15). The van der Waals surface area contributed by atoms with E-state index < -0.39 is 0 Å². The number of rotatable bonds is 4. The molecular weight excluding hydrogens is 226 g/mol. The molecule has 18 heavy (non-hydrogen) atoms. The van der Waals surface area contributed by atoms with E-state index in [1.165, 1.54) is 11.1 Å². The molecule has 2 rings (SSSR count). The molecule has 0 spiro atoms. The normalized spacial score (nSPS) is 10.7. The Kier molecular flexibility index (Phi) is 3.60. The predicted octanol–water partition coefficient (Wildman–Crippen LogP) is 1.80. The first-order valence-electron chi connectivity index (χ1n) is 6.08. The summed E-state index contributed by atoms with van der Waals surface area (Å²) in [5, 5.41) is 6.76. The number of hydrogen-bond donors (Lipinski definition) is 1. The second-order valence-corrected chi connectivity index (χ2v) is 4.60. The van der Waals surface area contributed by atoms with Gasteiger partial charge < -0.3 is 4.90 Å². The number of hydrogen-bond acceptors (Lipinski definition) is 4. The maximum Gasteiger partial charge on any atom is 0.225 e. The van der Waals surface area contributed by atoms with Crippen LogP contribution in [0.25, 0.3) is 0 Å². The average molecular weight is 245 g/mol. The van der Waals surface area contributed by atoms with Crippen LogP contribution in [0.2, 0.25) is 0 Å². The van der Waals surface area contributed by atoms with Crippen LogP contribution in [0.4, 0.5) is 5.95 Å². The molecule has 2 heterocycles. The van der Waals surface area contributed by atoms with Gasteiger partial charge in [0.1, 0.15) is 0 Å². The highest BCUT2D eigenvalue weighted by Gasteiger charge is 2.09. The quantitative estimate of drug-likeness (QED) is 0.892. The van der Waals surface area contributed by atoms with Gasteiger partial charge in [0.05, 0.1) is 6.20 Å². The van der Waals surface area contributed by atoms with Crippen molar-refractivity contribution in [2.75, 3.05) is 18.5 Å². The number of aromatic nitrogens is 4. The highest BCUT2D eigenvalue weighted by atomic mass is 15.2. The molecular formula is C13H19N5. The van der Waals surface area contributed by atoms with Gasteiger partial charge in [0.25, 0.3) is 0 Å². The molecule has 96 valence electrons. The lowest BCUT2D eigenvalue weighted by molar-refractivity contribution is 0.824. The molecule has 0 atom stereocenters. The monoisotopic (exact) mass is 245 g/mol. The van der Waals surface area contributed by atoms with Gasteiger partial charge in [-0.15, -0.1) is 0 Å². The van der Waals surface area contributed by atoms with Gasteiger partial charge in [-0.25, -0.2) is 9.97 Å². The minimum Gasteiger partial charge on any atom is -0.344 e. The van der Waals surface area contributed by atoms with E-state index in [4.69, 9.17) is 0 Å². The molecule has 5 heteroatoms. The van der Waals surface area contributed by atoms with Crippen LogP contribution in [0.15, 0.2) is 12.4 Å². The van der Waals surface area contributed by atoms with Crippen molar-refractivity contribution in [2.45, 2.75) is 27.2 Å². The van der Waals surface area contributed by atoms with Gasteiger partial charge in [-0.3, -0.25) is 5.10 Å². The molecule has 0 aromatic carbocycles. The van der Waals surface area contributed by atoms with Crippen molar-refractivity contribution in [1.29, 1.82) is 0 Å². The summed E-state index contributed by atoms with van der Waals surface area (Å²) in [5.74, 6) is 0.791. The molecule has 0 unspecified atom stereocenters. The molecule has 0 aliphatic rings. The summed E-state index contributed by atoms with van der Waals surface area (Å²) >= 11 is 0. The van der Waals surface area contributed by atoms with Gasteiger partial charge in [-0.05, 0) is 38.3 Å². The van der Waals surface area contributed by atoms with Gasteiger partial charge in [0, 0.05) is 31.2 Å². The molecule has 2 aromatic rings. The van der Waals surface area contributed by atoms with Gasteiger partial charge >= 0.3 is 0 Å². The summed E-state index contributed by atoms with van der Waals surface area (Å²) in [5.41, 5.74) is 4.46. The Morgan fingerprint density at radius 2 is 1.83 bits per heavy atom. The fourth-order valence-corrected chi connectivity index (χ4v) is 1.74. The molecule has 0 saturated heterocycles. The van der Waals surface area contributed by atoms with Crippen molar-refractivity contribution < 1.29 is 0 Å². The molecule has 0 fully saturated rings. The summed E-state index contributed by atoms with van der Waals surface area (Å²) in [6, 6.07) is 0. The molecule has 0 amide bonds. The van der Waals surface area contributed by atoms with Crippen molar-refractivity contribution >= 4 is 5.95 Å². The summed E-state index contributed by atoms with van der Waals surface area (Å²) in [4.78, 5) is 11.1. The van der Waals surface area contributed by atoms with E-state index >= 15 is 0 Å². The minimum atomic E-state index is 0.791. The molecule has 1 N–H and O–H groups in total. The lowest BCUT2D eigenvalue weighted by Crippen LogP contribution is -2.23. The van der Waals surface area contributed by atoms with Crippen LogP contribution in [0.1, 0.15) is 22.5 Å². The smallest absolute Gasteiger partial charge is 0.225 e. The molecule has 0 saturated carbocycles. The first-order valence-corrected chi connectivity index (χ1v) is 6.08. The second-order valence-electron chi connectivity index (χ2n) is 4.60. The zero-order valence-electron chi connectivity index (χ0n) is 11.4. The summed E-state index contributed by atoms with van der Waals surface area (Å²) in [6.45, 7) is 6.98. The first kappa shape index (κ1) is 12.5. The number of nitrogens with one attached hydrogen (secondary N) is 1. The third-order valence-electron chi connectivity index (χ3n) is 3.25. The molecule has 5 nitrogen and oxygen atoms in total. The number of H-pyrrole nitrogens is 1. The summed E-state index contributed by atoms with van der Waals surface area (Å²) in [6.07, 6.45) is 4.70. The van der Waals surface area contributed by atoms with Crippen molar-refractivity contribution in [3.63, 3.8) is 0 Å². The first-order chi connectivity index (χ1) is 8.58. The van der Waals surface area contributed by atoms with E-state index in [9.17, 15) is 0 Å². The van der Waals surface area contributed by atoms with E-state index in [-0.39, 0.29) is 0 Å². The lowest BCUT2D eigenvalue weighted by atomic mass is 10.2. The van der Waals surface area contributed by atoms with Crippen LogP contribution in [-0.2, 0) is 6.42 Å². The fourth-order valence-electron chi connectivity index (χ4n) is 1.74. The van der Waals surface area contributed by atoms with Gasteiger partial charge in [-0.1, -0.05) is 0 Å². The largest absolute Gasteiger partial charge is 0.344 e. The Bertz CT molecular complexity index is 495. The topological polar surface area (TPSA) is 57.7 Å². The zero-order chi connectivity index (χ0) is 13.1. The van der Waals surface area contributed by atoms with E-state index in [1.54, 1.807) is 0 Å². The van der Waals surface area contributed by atoms with Crippen LogP contribution in [0.5, 0.6) is 0 Å². The number of aromatic amines is 1. The SMILES string of the molecule is Cc1nc(N(C)CCc2cn[nH]c2)nc(C)c1C. The van der Waals surface area contributed by atoms with Gasteiger partial charge in [0.2, 0.25) is 5.95 Å². The number of aryl methyl sites for hydroxylation is 2. The van der Waals surface area contributed by atoms with Crippen LogP contribution in [-0.4, -0.2) is 33.8 Å². The number of likely N-dealkylation sites (N-methyl/N-ethyl adjacent to an activating group) is 1. The third kappa shape index (κ3) is 2.67. The van der Waals surface area contributed by atoms with E-state index in [0.29, 0.717) is 0 Å². The zero-order valence-corrected chi connectivity index (χ0v) is 11.4. The Labute approximate surface area is 107 Å². The summed E-state index contributed by atoms with van der Waals surface area (Å²) < 4.78 is 0. The number of nitrogens with zero attached hydrogens (tertiary/aromatic N) is 4. The Morgan fingerprint density at radius 1 is 1.17 bits per heavy atom. The number of anilines is 1. The Hall–Kier alpha value is -1.91. The predicted molar refractivity (Wildman–Crippen MR) is 71.8 cm³/mol. The fraction of sp³-hybridized carbons (Fsp3) is 0.462. The van der Waals surface area contributed by atoms with Crippen molar-refractivity contribution in [3.05, 3.63) is 34.9 Å². The minimum absolute atomic E-state index is 0.791. The van der Waals surface area contributed by atoms with E-state index in [0.717, 1.165) is 30.3 Å². The average Bonchev–Trinajstić information content (AvgIpc) is 2.85. The maximum atomic E-state index is 4.52. The highest BCUT2D eigenvalue weighted by Crippen LogP contribution is 2.13. The van der Waals surface area contributed by atoms with Crippen molar-refractivity contribution in [1.82, 2.24) is 20.2 Å². The van der Waals surface area contributed by atoms with Crippen LogP contribution in [0.3, 0.4) is 0 Å². The van der Waals surface area contributed by atoms with Crippen LogP contribution >= 0.6 is 0 Å². The molecule has 0 aliphatic carbocycles. The van der Waals surface area contributed by atoms with Crippen LogP contribution < -0.4 is 4.90 Å². The van der Waals surface area contributed by atoms with Crippen LogP contribution in [0, 0.1) is 20.8 Å². The Morgan fingerprint density at radius 3 is 2.39 bits per heavy atom. The van der Waals surface area contributed by atoms with Gasteiger partial charge in [-0.2, -0.15) is 5.10 Å². The second kappa shape index (κ2) is 5.16. The van der Waals surface area contributed by atoms with Crippen molar-refractivity contribution in [3.8, 4) is 0 Å². The summed E-state index contributed by atoms with van der Waals surface area (Å²) in [7, 11) is 2.02. The molecule has 0 bridgehead atoms. The highest BCUT2D eigenvalue weighted by molar-refractivity contribution is 5.35. The maximum absolute atomic E-state index is 4.52. The van der Waals surface area contributed by atoms with Gasteiger partial charge in [0.15, 0.2) is 0 Å². The van der Waals surface area contributed by atoms with E-state index in [2.05, 4.69) is 32.0 Å². The lowest BCUT2D eigenvalue weighted by Gasteiger charge is -2.18. The Balaban J connectivity index is 2.07. The molecule has 2 aromatic heterocycles. The third-order valence-corrected chi connectivity index (χ3v) is 3.25. The van der Waals surface area contributed by atoms with Crippen molar-refractivity contribution in [2.24, 2.45) is 0 Å². The molecule has 0 radical (unpaired) electrons. The molecule has 0 aliphatic heterocycles. The van der Waals surface area contributed by atoms with E-state index in [1.807, 2.05) is 33.3 Å².